The summed E-state index contributed by atoms with van der Waals surface area (Å²) >= 11 is 5.91. The van der Waals surface area contributed by atoms with Gasteiger partial charge in [0.05, 0.1) is 0 Å². The van der Waals surface area contributed by atoms with E-state index in [1.807, 2.05) is 19.0 Å². The summed E-state index contributed by atoms with van der Waals surface area (Å²) in [6.07, 6.45) is -4.91. The quantitative estimate of drug-likeness (QED) is 0.923. The maximum absolute atomic E-state index is 12.0. The Kier molecular flexibility index (Phi) is 4.59. The summed E-state index contributed by atoms with van der Waals surface area (Å²) in [5.41, 5.74) is 0.788. The average Bonchev–Trinajstić information content (AvgIpc) is 2.20. The Bertz CT molecular complexity index is 446. The minimum Gasteiger partial charge on any atom is -0.318 e. The predicted octanol–water partition coefficient (Wildman–Crippen LogP) is 2.90. The van der Waals surface area contributed by atoms with Crippen molar-refractivity contribution in [2.75, 3.05) is 19.4 Å². The molecule has 3 nitrogen and oxygen atoms in total. The molecule has 0 aliphatic carbocycles. The molecule has 7 heteroatoms. The topological polar surface area (TPSA) is 32.3 Å². The lowest BCUT2D eigenvalue weighted by molar-refractivity contribution is -0.167. The summed E-state index contributed by atoms with van der Waals surface area (Å²) in [7, 11) is 3.69. The summed E-state index contributed by atoms with van der Waals surface area (Å²) < 4.78 is 36.1. The molecule has 0 aromatic heterocycles. The number of nitrogens with zero attached hydrogens (tertiary/aromatic N) is 1. The Morgan fingerprint density at radius 2 is 2.00 bits per heavy atom. The van der Waals surface area contributed by atoms with E-state index in [-0.39, 0.29) is 5.69 Å². The van der Waals surface area contributed by atoms with E-state index in [9.17, 15) is 18.0 Å². The van der Waals surface area contributed by atoms with Crippen LogP contribution >= 0.6 is 11.6 Å². The molecule has 0 heterocycles. The van der Waals surface area contributed by atoms with E-state index in [0.29, 0.717) is 11.6 Å². The van der Waals surface area contributed by atoms with E-state index in [2.05, 4.69) is 0 Å². The Morgan fingerprint density at radius 3 is 2.44 bits per heavy atom. The second kappa shape index (κ2) is 5.58. The fourth-order valence-electron chi connectivity index (χ4n) is 1.30. The number of alkyl halides is 3. The van der Waals surface area contributed by atoms with Gasteiger partial charge in [0.25, 0.3) is 0 Å². The molecule has 0 aliphatic rings. The van der Waals surface area contributed by atoms with Gasteiger partial charge in [0.1, 0.15) is 0 Å². The van der Waals surface area contributed by atoms with Crippen molar-refractivity contribution < 1.29 is 18.0 Å². The minimum absolute atomic E-state index is 0.0184. The second-order valence-corrected chi connectivity index (χ2v) is 4.40. The van der Waals surface area contributed by atoms with Gasteiger partial charge >= 0.3 is 12.1 Å². The highest BCUT2D eigenvalue weighted by atomic mass is 35.5. The third kappa shape index (κ3) is 4.19. The fraction of sp³-hybridized carbons (Fsp3) is 0.364. The molecule has 0 atom stereocenters. The third-order valence-corrected chi connectivity index (χ3v) is 2.41. The van der Waals surface area contributed by atoms with E-state index in [1.54, 1.807) is 11.4 Å². The maximum atomic E-state index is 12.0. The minimum atomic E-state index is -4.91. The van der Waals surface area contributed by atoms with Gasteiger partial charge in [0.2, 0.25) is 0 Å². The molecule has 1 aromatic rings. The van der Waals surface area contributed by atoms with E-state index >= 15 is 0 Å². The van der Waals surface area contributed by atoms with Crippen LogP contribution in [0.5, 0.6) is 0 Å². The molecule has 18 heavy (non-hydrogen) atoms. The molecule has 0 unspecified atom stereocenters. The van der Waals surface area contributed by atoms with Crippen molar-refractivity contribution >= 4 is 23.2 Å². The highest BCUT2D eigenvalue weighted by Gasteiger charge is 2.38. The van der Waals surface area contributed by atoms with Gasteiger partial charge in [-0.05, 0) is 31.8 Å². The fourth-order valence-corrected chi connectivity index (χ4v) is 1.54. The molecule has 0 aliphatic heterocycles. The smallest absolute Gasteiger partial charge is 0.318 e. The average molecular weight is 281 g/mol. The molecule has 0 bridgehead atoms. The van der Waals surface area contributed by atoms with Gasteiger partial charge < -0.3 is 10.2 Å². The number of amides is 1. The van der Waals surface area contributed by atoms with Gasteiger partial charge in [-0.2, -0.15) is 13.2 Å². The molecule has 0 spiro atoms. The zero-order valence-corrected chi connectivity index (χ0v) is 10.6. The highest BCUT2D eigenvalue weighted by molar-refractivity contribution is 6.31. The first-order valence-electron chi connectivity index (χ1n) is 5.01. The van der Waals surface area contributed by atoms with Gasteiger partial charge in [-0.1, -0.05) is 17.7 Å². The number of benzene rings is 1. The van der Waals surface area contributed by atoms with Crippen molar-refractivity contribution in [3.05, 3.63) is 28.8 Å². The van der Waals surface area contributed by atoms with Crippen LogP contribution in [0.4, 0.5) is 18.9 Å². The number of carbonyl (C=O) groups excluding carboxylic acids is 1. The molecule has 0 saturated heterocycles. The van der Waals surface area contributed by atoms with E-state index in [4.69, 9.17) is 11.6 Å². The first-order valence-corrected chi connectivity index (χ1v) is 5.39. The number of nitrogens with one attached hydrogen (secondary N) is 1. The lowest BCUT2D eigenvalue weighted by Gasteiger charge is -2.13. The maximum Gasteiger partial charge on any atom is 0.471 e. The van der Waals surface area contributed by atoms with E-state index < -0.39 is 12.1 Å². The van der Waals surface area contributed by atoms with Crippen LogP contribution in [0.3, 0.4) is 0 Å². The Morgan fingerprint density at radius 1 is 1.39 bits per heavy atom. The Balaban J connectivity index is 2.82. The molecule has 1 rings (SSSR count). The predicted molar refractivity (Wildman–Crippen MR) is 63.5 cm³/mol. The largest absolute Gasteiger partial charge is 0.471 e. The number of hydrogen-bond acceptors (Lipinski definition) is 2. The van der Waals surface area contributed by atoms with Gasteiger partial charge in [-0.25, -0.2) is 0 Å². The van der Waals surface area contributed by atoms with Crippen molar-refractivity contribution in [2.45, 2.75) is 12.7 Å². The summed E-state index contributed by atoms with van der Waals surface area (Å²) in [5, 5.41) is 2.05. The van der Waals surface area contributed by atoms with E-state index in [1.165, 1.54) is 12.1 Å². The van der Waals surface area contributed by atoms with Crippen molar-refractivity contribution in [3.63, 3.8) is 0 Å². The number of rotatable bonds is 3. The summed E-state index contributed by atoms with van der Waals surface area (Å²) in [6.45, 7) is 0.562. The lowest BCUT2D eigenvalue weighted by atomic mass is 10.2. The SMILES string of the molecule is CN(C)Cc1ccc(NC(=O)C(F)(F)F)cc1Cl. The van der Waals surface area contributed by atoms with Gasteiger partial charge in [-0.15, -0.1) is 0 Å². The summed E-state index contributed by atoms with van der Waals surface area (Å²) in [4.78, 5) is 12.6. The van der Waals surface area contributed by atoms with Crippen LogP contribution in [-0.4, -0.2) is 31.1 Å². The van der Waals surface area contributed by atoms with Crippen LogP contribution in [-0.2, 0) is 11.3 Å². The molecule has 1 amide bonds. The van der Waals surface area contributed by atoms with Crippen LogP contribution in [0.25, 0.3) is 0 Å². The van der Waals surface area contributed by atoms with Crippen molar-refractivity contribution in [2.24, 2.45) is 0 Å². The van der Waals surface area contributed by atoms with Crippen LogP contribution in [0, 0.1) is 0 Å². The number of halogens is 4. The highest BCUT2D eigenvalue weighted by Crippen LogP contribution is 2.24. The first-order chi connectivity index (χ1) is 8.20. The van der Waals surface area contributed by atoms with Gasteiger partial charge in [-0.3, -0.25) is 4.79 Å². The van der Waals surface area contributed by atoms with Crippen LogP contribution in [0.15, 0.2) is 18.2 Å². The van der Waals surface area contributed by atoms with Gasteiger partial charge in [0.15, 0.2) is 0 Å². The van der Waals surface area contributed by atoms with Crippen LogP contribution in [0.1, 0.15) is 5.56 Å². The van der Waals surface area contributed by atoms with Gasteiger partial charge in [0, 0.05) is 17.3 Å². The Labute approximate surface area is 108 Å². The molecule has 0 saturated carbocycles. The van der Waals surface area contributed by atoms with Crippen LogP contribution < -0.4 is 5.32 Å². The van der Waals surface area contributed by atoms with Crippen LogP contribution in [0.2, 0.25) is 5.02 Å². The summed E-state index contributed by atoms with van der Waals surface area (Å²) in [5.74, 6) is -2.01. The van der Waals surface area contributed by atoms with Crippen molar-refractivity contribution in [1.29, 1.82) is 0 Å². The van der Waals surface area contributed by atoms with Crippen molar-refractivity contribution in [3.8, 4) is 0 Å². The molecule has 1 N–H and O–H groups in total. The molecule has 1 aromatic carbocycles. The molecular weight excluding hydrogens is 269 g/mol. The molecule has 0 radical (unpaired) electrons. The Hall–Kier alpha value is -1.27. The summed E-state index contributed by atoms with van der Waals surface area (Å²) in [6, 6.07) is 4.26. The zero-order valence-electron chi connectivity index (χ0n) is 9.81. The second-order valence-electron chi connectivity index (χ2n) is 4.00. The zero-order chi connectivity index (χ0) is 13.9. The normalized spacial score (nSPS) is 11.7. The standard InChI is InChI=1S/C11H12ClF3N2O/c1-17(2)6-7-3-4-8(5-9(7)12)16-10(18)11(13,14)15/h3-5H,6H2,1-2H3,(H,16,18). The number of anilines is 1. The lowest BCUT2D eigenvalue weighted by Crippen LogP contribution is -2.29. The molecule has 0 fully saturated rings. The third-order valence-electron chi connectivity index (χ3n) is 2.05. The first kappa shape index (κ1) is 14.8. The molecular formula is C11H12ClF3N2O. The van der Waals surface area contributed by atoms with E-state index in [0.717, 1.165) is 5.56 Å². The molecule has 100 valence electrons. The number of carbonyl (C=O) groups is 1. The monoisotopic (exact) mass is 280 g/mol. The van der Waals surface area contributed by atoms with Crippen molar-refractivity contribution in [1.82, 2.24) is 4.90 Å². The number of hydrogen-bond donors (Lipinski definition) is 1.